The van der Waals surface area contributed by atoms with E-state index in [-0.39, 0.29) is 5.91 Å². The number of amides is 1. The fraction of sp³-hybridized carbons (Fsp3) is 0.208. The van der Waals surface area contributed by atoms with Gasteiger partial charge in [0.15, 0.2) is 5.82 Å². The molecule has 6 nitrogen and oxygen atoms in total. The molecule has 1 fully saturated rings. The van der Waals surface area contributed by atoms with Gasteiger partial charge in [-0.2, -0.15) is 0 Å². The molecule has 1 aromatic heterocycles. The molecule has 1 aliphatic heterocycles. The summed E-state index contributed by atoms with van der Waals surface area (Å²) in [4.78, 5) is 25.7. The number of aromatic nitrogens is 2. The van der Waals surface area contributed by atoms with Gasteiger partial charge in [0.05, 0.1) is 7.11 Å². The third kappa shape index (κ3) is 4.66. The van der Waals surface area contributed by atoms with Crippen molar-refractivity contribution in [3.8, 4) is 17.1 Å². The monoisotopic (exact) mass is 400 g/mol. The molecule has 30 heavy (non-hydrogen) atoms. The van der Waals surface area contributed by atoms with Crippen LogP contribution in [0.4, 0.5) is 5.82 Å². The molecule has 6 heteroatoms. The molecule has 2 heterocycles. The van der Waals surface area contributed by atoms with Crippen molar-refractivity contribution in [2.45, 2.75) is 0 Å². The van der Waals surface area contributed by atoms with Gasteiger partial charge in [-0.3, -0.25) is 4.79 Å². The smallest absolute Gasteiger partial charge is 0.246 e. The van der Waals surface area contributed by atoms with Crippen molar-refractivity contribution in [1.82, 2.24) is 14.9 Å². The Labute approximate surface area is 176 Å². The van der Waals surface area contributed by atoms with Gasteiger partial charge in [-0.25, -0.2) is 9.97 Å². The number of benzene rings is 2. The highest BCUT2D eigenvalue weighted by Crippen LogP contribution is 2.19. The van der Waals surface area contributed by atoms with E-state index in [0.29, 0.717) is 18.9 Å². The van der Waals surface area contributed by atoms with Crippen LogP contribution < -0.4 is 9.64 Å². The second kappa shape index (κ2) is 9.22. The maximum absolute atomic E-state index is 12.6. The van der Waals surface area contributed by atoms with Gasteiger partial charge < -0.3 is 14.5 Å². The molecule has 152 valence electrons. The molecule has 3 aromatic rings. The van der Waals surface area contributed by atoms with E-state index in [9.17, 15) is 4.79 Å². The third-order valence-corrected chi connectivity index (χ3v) is 5.10. The molecule has 1 aliphatic rings. The number of hydrogen-bond donors (Lipinski definition) is 0. The largest absolute Gasteiger partial charge is 0.497 e. The minimum Gasteiger partial charge on any atom is -0.497 e. The predicted octanol–water partition coefficient (Wildman–Crippen LogP) is 3.51. The number of anilines is 1. The lowest BCUT2D eigenvalue weighted by Crippen LogP contribution is -2.48. The number of hydrogen-bond acceptors (Lipinski definition) is 5. The topological polar surface area (TPSA) is 58.6 Å². The van der Waals surface area contributed by atoms with E-state index < -0.39 is 0 Å². The molecule has 0 bridgehead atoms. The maximum Gasteiger partial charge on any atom is 0.246 e. The molecule has 1 amide bonds. The van der Waals surface area contributed by atoms with Gasteiger partial charge in [0.2, 0.25) is 5.91 Å². The molecule has 0 unspecified atom stereocenters. The number of carbonyl (C=O) groups excluding carboxylic acids is 1. The highest BCUT2D eigenvalue weighted by Gasteiger charge is 2.21. The summed E-state index contributed by atoms with van der Waals surface area (Å²) in [5.41, 5.74) is 1.94. The fourth-order valence-electron chi connectivity index (χ4n) is 3.43. The minimum atomic E-state index is 0.0186. The van der Waals surface area contributed by atoms with Crippen molar-refractivity contribution in [1.29, 1.82) is 0 Å². The molecule has 0 aliphatic carbocycles. The van der Waals surface area contributed by atoms with Crippen LogP contribution in [0, 0.1) is 0 Å². The predicted molar refractivity (Wildman–Crippen MR) is 118 cm³/mol. The van der Waals surface area contributed by atoms with E-state index >= 15 is 0 Å². The Kier molecular flexibility index (Phi) is 6.03. The molecule has 0 saturated carbocycles. The van der Waals surface area contributed by atoms with Crippen LogP contribution in [0.15, 0.2) is 72.9 Å². The Morgan fingerprint density at radius 1 is 1.00 bits per heavy atom. The third-order valence-electron chi connectivity index (χ3n) is 5.10. The standard InChI is InChI=1S/C24H24N4O2/c1-30-21-9-5-6-19(18-21)10-11-23(29)28-16-14-27(15-17-28)22-12-13-25-24(26-22)20-7-3-2-4-8-20/h2-13,18H,14-17H2,1H3/b11-10+. The molecule has 0 atom stereocenters. The van der Waals surface area contributed by atoms with E-state index in [1.54, 1.807) is 19.4 Å². The Morgan fingerprint density at radius 2 is 1.80 bits per heavy atom. The summed E-state index contributed by atoms with van der Waals surface area (Å²) in [5.74, 6) is 2.40. The highest BCUT2D eigenvalue weighted by atomic mass is 16.5. The number of carbonyl (C=O) groups is 1. The van der Waals surface area contributed by atoms with Crippen LogP contribution in [0.1, 0.15) is 5.56 Å². The molecule has 0 spiro atoms. The van der Waals surface area contributed by atoms with Gasteiger partial charge in [0, 0.05) is 44.0 Å². The average molecular weight is 400 g/mol. The summed E-state index contributed by atoms with van der Waals surface area (Å²) >= 11 is 0. The van der Waals surface area contributed by atoms with Crippen LogP contribution in [-0.4, -0.2) is 54.1 Å². The quantitative estimate of drug-likeness (QED) is 0.614. The van der Waals surface area contributed by atoms with Crippen LogP contribution in [-0.2, 0) is 4.79 Å². The molecule has 2 aromatic carbocycles. The second-order valence-electron chi connectivity index (χ2n) is 7.03. The zero-order chi connectivity index (χ0) is 20.8. The van der Waals surface area contributed by atoms with E-state index in [1.165, 1.54) is 0 Å². The van der Waals surface area contributed by atoms with Crippen molar-refractivity contribution in [3.63, 3.8) is 0 Å². The van der Waals surface area contributed by atoms with Crippen molar-refractivity contribution >= 4 is 17.8 Å². The van der Waals surface area contributed by atoms with Crippen molar-refractivity contribution < 1.29 is 9.53 Å². The lowest BCUT2D eigenvalue weighted by Gasteiger charge is -2.35. The van der Waals surface area contributed by atoms with Gasteiger partial charge in [0.25, 0.3) is 0 Å². The SMILES string of the molecule is COc1cccc(/C=C/C(=O)N2CCN(c3ccnc(-c4ccccc4)n3)CC2)c1. The van der Waals surface area contributed by atoms with Crippen molar-refractivity contribution in [2.24, 2.45) is 0 Å². The Bertz CT molecular complexity index is 1030. The van der Waals surface area contributed by atoms with Gasteiger partial charge in [-0.05, 0) is 29.8 Å². The van der Waals surface area contributed by atoms with E-state index in [4.69, 9.17) is 9.72 Å². The van der Waals surface area contributed by atoms with Gasteiger partial charge >= 0.3 is 0 Å². The van der Waals surface area contributed by atoms with Crippen LogP contribution in [0.3, 0.4) is 0 Å². The fourth-order valence-corrected chi connectivity index (χ4v) is 3.43. The Balaban J connectivity index is 1.37. The lowest BCUT2D eigenvalue weighted by atomic mass is 10.2. The summed E-state index contributed by atoms with van der Waals surface area (Å²) < 4.78 is 5.22. The van der Waals surface area contributed by atoms with Crippen LogP contribution in [0.25, 0.3) is 17.5 Å². The molecule has 1 saturated heterocycles. The summed E-state index contributed by atoms with van der Waals surface area (Å²) in [5, 5.41) is 0. The van der Waals surface area contributed by atoms with Crippen molar-refractivity contribution in [3.05, 3.63) is 78.5 Å². The zero-order valence-corrected chi connectivity index (χ0v) is 16.9. The number of rotatable bonds is 5. The first-order chi connectivity index (χ1) is 14.7. The van der Waals surface area contributed by atoms with E-state index in [0.717, 1.165) is 35.8 Å². The molecule has 0 radical (unpaired) electrons. The Morgan fingerprint density at radius 3 is 2.57 bits per heavy atom. The first kappa shape index (κ1) is 19.6. The first-order valence-electron chi connectivity index (χ1n) is 9.97. The lowest BCUT2D eigenvalue weighted by molar-refractivity contribution is -0.126. The van der Waals surface area contributed by atoms with Crippen molar-refractivity contribution in [2.75, 3.05) is 38.2 Å². The minimum absolute atomic E-state index is 0.0186. The maximum atomic E-state index is 12.6. The molecule has 0 N–H and O–H groups in total. The van der Waals surface area contributed by atoms with Gasteiger partial charge in [-0.1, -0.05) is 42.5 Å². The number of piperazine rings is 1. The average Bonchev–Trinajstić information content (AvgIpc) is 2.83. The second-order valence-corrected chi connectivity index (χ2v) is 7.03. The number of ether oxygens (including phenoxy) is 1. The highest BCUT2D eigenvalue weighted by molar-refractivity contribution is 5.92. The molecular formula is C24H24N4O2. The molecule has 4 rings (SSSR count). The van der Waals surface area contributed by atoms with Crippen LogP contribution in [0.5, 0.6) is 5.75 Å². The number of methoxy groups -OCH3 is 1. The number of nitrogens with zero attached hydrogens (tertiary/aromatic N) is 4. The first-order valence-corrected chi connectivity index (χ1v) is 9.97. The summed E-state index contributed by atoms with van der Waals surface area (Å²) in [6.07, 6.45) is 5.25. The van der Waals surface area contributed by atoms with Crippen LogP contribution in [0.2, 0.25) is 0 Å². The Hall–Kier alpha value is -3.67. The summed E-state index contributed by atoms with van der Waals surface area (Å²) in [7, 11) is 1.63. The van der Waals surface area contributed by atoms with E-state index in [2.05, 4.69) is 9.88 Å². The van der Waals surface area contributed by atoms with Gasteiger partial charge in [0.1, 0.15) is 11.6 Å². The van der Waals surface area contributed by atoms with Crippen LogP contribution >= 0.6 is 0 Å². The van der Waals surface area contributed by atoms with Gasteiger partial charge in [-0.15, -0.1) is 0 Å². The summed E-state index contributed by atoms with van der Waals surface area (Å²) in [6, 6.07) is 19.5. The summed E-state index contributed by atoms with van der Waals surface area (Å²) in [6.45, 7) is 2.80. The van der Waals surface area contributed by atoms with E-state index in [1.807, 2.05) is 71.6 Å². The zero-order valence-electron chi connectivity index (χ0n) is 16.9. The molecular weight excluding hydrogens is 376 g/mol. The normalized spacial score (nSPS) is 14.2.